The lowest BCUT2D eigenvalue weighted by molar-refractivity contribution is 0.284. The average Bonchev–Trinajstić information content (AvgIpc) is 3.08. The molecule has 0 fully saturated rings. The molecule has 2 heterocycles. The highest BCUT2D eigenvalue weighted by atomic mass is 16.5. The van der Waals surface area contributed by atoms with Gasteiger partial charge in [-0.25, -0.2) is 0 Å². The third-order valence-corrected chi connectivity index (χ3v) is 3.25. The summed E-state index contributed by atoms with van der Waals surface area (Å²) >= 11 is 0. The summed E-state index contributed by atoms with van der Waals surface area (Å²) in [6.45, 7) is 2.19. The predicted octanol–water partition coefficient (Wildman–Crippen LogP) is 2.02. The van der Waals surface area contributed by atoms with E-state index in [0.717, 1.165) is 35.8 Å². The third-order valence-electron chi connectivity index (χ3n) is 3.25. The van der Waals surface area contributed by atoms with Crippen LogP contribution in [0.1, 0.15) is 11.1 Å². The van der Waals surface area contributed by atoms with Crippen molar-refractivity contribution in [1.82, 2.24) is 10.3 Å². The number of amidine groups is 1. The van der Waals surface area contributed by atoms with Crippen molar-refractivity contribution in [3.8, 4) is 11.5 Å². The Kier molecular flexibility index (Phi) is 4.00. The van der Waals surface area contributed by atoms with Gasteiger partial charge < -0.3 is 14.8 Å². The third kappa shape index (κ3) is 3.13. The van der Waals surface area contributed by atoms with Gasteiger partial charge in [0.15, 0.2) is 11.5 Å². The van der Waals surface area contributed by atoms with Crippen LogP contribution < -0.4 is 14.8 Å². The first-order chi connectivity index (χ1) is 10.4. The van der Waals surface area contributed by atoms with Crippen LogP contribution in [-0.2, 0) is 6.61 Å². The molecule has 108 valence electrons. The van der Waals surface area contributed by atoms with Crippen LogP contribution in [0.25, 0.3) is 0 Å². The fourth-order valence-electron chi connectivity index (χ4n) is 2.17. The zero-order valence-corrected chi connectivity index (χ0v) is 11.9. The maximum Gasteiger partial charge on any atom is 0.161 e. The van der Waals surface area contributed by atoms with Crippen molar-refractivity contribution in [1.29, 1.82) is 0 Å². The minimum atomic E-state index is 0.484. The Morgan fingerprint density at radius 3 is 2.71 bits per heavy atom. The Morgan fingerprint density at radius 2 is 2.00 bits per heavy atom. The van der Waals surface area contributed by atoms with Crippen molar-refractivity contribution in [3.63, 3.8) is 0 Å². The molecular weight excluding hydrogens is 266 g/mol. The first-order valence-corrected chi connectivity index (χ1v) is 6.85. The maximum atomic E-state index is 5.82. The van der Waals surface area contributed by atoms with E-state index in [0.29, 0.717) is 12.4 Å². The number of methoxy groups -OCH3 is 1. The highest BCUT2D eigenvalue weighted by Crippen LogP contribution is 2.29. The zero-order chi connectivity index (χ0) is 14.5. The smallest absolute Gasteiger partial charge is 0.161 e. The minimum absolute atomic E-state index is 0.484. The number of hydrogen-bond donors (Lipinski definition) is 1. The second-order valence-corrected chi connectivity index (χ2v) is 4.67. The Morgan fingerprint density at radius 1 is 1.14 bits per heavy atom. The largest absolute Gasteiger partial charge is 0.493 e. The molecule has 0 atom stereocenters. The number of rotatable bonds is 5. The van der Waals surface area contributed by atoms with Crippen LogP contribution in [0.5, 0.6) is 11.5 Å². The molecule has 0 aliphatic carbocycles. The van der Waals surface area contributed by atoms with Gasteiger partial charge in [0, 0.05) is 24.5 Å². The van der Waals surface area contributed by atoms with Gasteiger partial charge in [0.1, 0.15) is 12.4 Å². The fourth-order valence-corrected chi connectivity index (χ4v) is 2.17. The van der Waals surface area contributed by atoms with Gasteiger partial charge in [-0.2, -0.15) is 0 Å². The number of aromatic nitrogens is 1. The van der Waals surface area contributed by atoms with Crippen LogP contribution in [-0.4, -0.2) is 31.0 Å². The minimum Gasteiger partial charge on any atom is -0.493 e. The molecule has 1 N–H and O–H groups in total. The molecule has 1 aromatic carbocycles. The van der Waals surface area contributed by atoms with Crippen LogP contribution in [0.15, 0.2) is 47.7 Å². The maximum absolute atomic E-state index is 5.82. The summed E-state index contributed by atoms with van der Waals surface area (Å²) in [6.07, 6.45) is 3.51. The molecular formula is C16H17N3O2. The van der Waals surface area contributed by atoms with E-state index < -0.39 is 0 Å². The SMILES string of the molecule is COc1cc(C2=NCCN2)ccc1OCc1ccncc1. The number of benzene rings is 1. The summed E-state index contributed by atoms with van der Waals surface area (Å²) in [7, 11) is 1.64. The van der Waals surface area contributed by atoms with Crippen LogP contribution in [0.3, 0.4) is 0 Å². The first-order valence-electron chi connectivity index (χ1n) is 6.85. The van der Waals surface area contributed by atoms with Gasteiger partial charge in [-0.05, 0) is 35.9 Å². The summed E-state index contributed by atoms with van der Waals surface area (Å²) in [5.74, 6) is 2.34. The molecule has 5 nitrogen and oxygen atoms in total. The number of hydrogen-bond acceptors (Lipinski definition) is 5. The van der Waals surface area contributed by atoms with E-state index in [-0.39, 0.29) is 0 Å². The van der Waals surface area contributed by atoms with Crippen LogP contribution in [0, 0.1) is 0 Å². The van der Waals surface area contributed by atoms with E-state index >= 15 is 0 Å². The van der Waals surface area contributed by atoms with Crippen molar-refractivity contribution in [2.24, 2.45) is 4.99 Å². The number of nitrogens with one attached hydrogen (secondary N) is 1. The van der Waals surface area contributed by atoms with Crippen molar-refractivity contribution in [2.45, 2.75) is 6.61 Å². The fraction of sp³-hybridized carbons (Fsp3) is 0.250. The van der Waals surface area contributed by atoms with Gasteiger partial charge in [0.2, 0.25) is 0 Å². The highest BCUT2D eigenvalue weighted by Gasteiger charge is 2.12. The Labute approximate surface area is 123 Å². The molecule has 3 rings (SSSR count). The van der Waals surface area contributed by atoms with Gasteiger partial charge in [-0.1, -0.05) is 0 Å². The summed E-state index contributed by atoms with van der Waals surface area (Å²) in [5, 5.41) is 3.25. The van der Waals surface area contributed by atoms with Gasteiger partial charge in [0.25, 0.3) is 0 Å². The molecule has 0 unspecified atom stereocenters. The Balaban J connectivity index is 1.76. The molecule has 1 aromatic heterocycles. The molecule has 2 aromatic rings. The summed E-state index contributed by atoms with van der Waals surface area (Å²) in [5.41, 5.74) is 2.08. The molecule has 1 aliphatic rings. The molecule has 0 spiro atoms. The monoisotopic (exact) mass is 283 g/mol. The van der Waals surface area contributed by atoms with E-state index in [2.05, 4.69) is 15.3 Å². The summed E-state index contributed by atoms with van der Waals surface area (Å²) in [6, 6.07) is 9.70. The lowest BCUT2D eigenvalue weighted by Crippen LogP contribution is -2.19. The molecule has 0 saturated carbocycles. The number of pyridine rings is 1. The quantitative estimate of drug-likeness (QED) is 0.912. The zero-order valence-electron chi connectivity index (χ0n) is 11.9. The molecule has 0 bridgehead atoms. The second-order valence-electron chi connectivity index (χ2n) is 4.67. The molecule has 0 amide bonds. The van der Waals surface area contributed by atoms with Crippen LogP contribution >= 0.6 is 0 Å². The van der Waals surface area contributed by atoms with Crippen LogP contribution in [0.2, 0.25) is 0 Å². The second kappa shape index (κ2) is 6.26. The Hall–Kier alpha value is -2.56. The number of aliphatic imine (C=N–C) groups is 1. The van der Waals surface area contributed by atoms with Crippen molar-refractivity contribution in [2.75, 3.05) is 20.2 Å². The number of nitrogens with zero attached hydrogens (tertiary/aromatic N) is 2. The molecule has 5 heteroatoms. The topological polar surface area (TPSA) is 55.7 Å². The van der Waals surface area contributed by atoms with Crippen molar-refractivity contribution < 1.29 is 9.47 Å². The van der Waals surface area contributed by atoms with E-state index in [1.54, 1.807) is 19.5 Å². The highest BCUT2D eigenvalue weighted by molar-refractivity contribution is 6.00. The van der Waals surface area contributed by atoms with Crippen molar-refractivity contribution in [3.05, 3.63) is 53.9 Å². The lowest BCUT2D eigenvalue weighted by atomic mass is 10.2. The van der Waals surface area contributed by atoms with Gasteiger partial charge >= 0.3 is 0 Å². The summed E-state index contributed by atoms with van der Waals surface area (Å²) in [4.78, 5) is 8.40. The number of ether oxygens (including phenoxy) is 2. The molecule has 21 heavy (non-hydrogen) atoms. The molecule has 0 saturated heterocycles. The van der Waals surface area contributed by atoms with Gasteiger partial charge in [-0.3, -0.25) is 9.98 Å². The van der Waals surface area contributed by atoms with Crippen molar-refractivity contribution >= 4 is 5.84 Å². The van der Waals surface area contributed by atoms with E-state index in [1.807, 2.05) is 30.3 Å². The van der Waals surface area contributed by atoms with E-state index in [1.165, 1.54) is 0 Å². The van der Waals surface area contributed by atoms with E-state index in [4.69, 9.17) is 9.47 Å². The Bertz CT molecular complexity index is 641. The average molecular weight is 283 g/mol. The standard InChI is InChI=1S/C16H17N3O2/c1-20-15-10-13(16-18-8-9-19-16)2-3-14(15)21-11-12-4-6-17-7-5-12/h2-7,10H,8-9,11H2,1H3,(H,18,19). The lowest BCUT2D eigenvalue weighted by Gasteiger charge is -2.12. The van der Waals surface area contributed by atoms with E-state index in [9.17, 15) is 0 Å². The predicted molar refractivity (Wildman–Crippen MR) is 81.0 cm³/mol. The van der Waals surface area contributed by atoms with Gasteiger partial charge in [0.05, 0.1) is 13.7 Å². The van der Waals surface area contributed by atoms with Gasteiger partial charge in [-0.15, -0.1) is 0 Å². The normalized spacial score (nSPS) is 13.5. The van der Waals surface area contributed by atoms with Crippen LogP contribution in [0.4, 0.5) is 0 Å². The first kappa shape index (κ1) is 13.4. The summed E-state index contributed by atoms with van der Waals surface area (Å²) < 4.78 is 11.2. The molecule has 1 aliphatic heterocycles. The molecule has 0 radical (unpaired) electrons.